The summed E-state index contributed by atoms with van der Waals surface area (Å²) < 4.78 is 46.4. The second kappa shape index (κ2) is 15.7. The van der Waals surface area contributed by atoms with Crippen LogP contribution in [0.15, 0.2) is 48.5 Å². The molecule has 1 unspecified atom stereocenters. The summed E-state index contributed by atoms with van der Waals surface area (Å²) in [6.07, 6.45) is 1.56. The minimum absolute atomic E-state index is 0.0282. The molecule has 1 atom stereocenters. The summed E-state index contributed by atoms with van der Waals surface area (Å²) in [5, 5.41) is 9.84. The van der Waals surface area contributed by atoms with Gasteiger partial charge in [0.15, 0.2) is 0 Å². The smallest absolute Gasteiger partial charge is 0.414 e. The Morgan fingerprint density at radius 2 is 1.84 bits per heavy atom. The normalized spacial score (nSPS) is 14.8. The number of anilines is 1. The molecule has 0 saturated carbocycles. The predicted molar refractivity (Wildman–Crippen MR) is 199 cm³/mol. The van der Waals surface area contributed by atoms with Gasteiger partial charge in [-0.05, 0) is 106 Å². The van der Waals surface area contributed by atoms with Gasteiger partial charge < -0.3 is 13.7 Å². The molecule has 1 aromatic heterocycles. The van der Waals surface area contributed by atoms with E-state index in [-0.39, 0.29) is 43.8 Å². The van der Waals surface area contributed by atoms with Crippen LogP contribution in [-0.2, 0) is 44.2 Å². The van der Waals surface area contributed by atoms with Crippen LogP contribution in [0.3, 0.4) is 0 Å². The van der Waals surface area contributed by atoms with Crippen molar-refractivity contribution in [1.82, 2.24) is 19.3 Å². The number of carbonyl (C=O) groups is 2. The second-order valence-electron chi connectivity index (χ2n) is 13.7. The molecule has 51 heavy (non-hydrogen) atoms. The number of ether oxygens (including phenoxy) is 2. The number of alkyl halides is 1. The first-order chi connectivity index (χ1) is 24.1. The Hall–Kier alpha value is -4.01. The maximum atomic E-state index is 13.4. The van der Waals surface area contributed by atoms with Gasteiger partial charge >= 0.3 is 22.4 Å². The molecule has 14 heteroatoms. The van der Waals surface area contributed by atoms with Gasteiger partial charge in [0.05, 0.1) is 18.5 Å². The number of hydrogen-bond donors (Lipinski definition) is 0. The van der Waals surface area contributed by atoms with Crippen LogP contribution >= 0.6 is 15.9 Å². The second-order valence-corrected chi connectivity index (χ2v) is 16.1. The highest BCUT2D eigenvalue weighted by molar-refractivity contribution is 9.09. The maximum Gasteiger partial charge on any atom is 0.414 e. The Kier molecular flexibility index (Phi) is 11.8. The number of carbonyl (C=O) groups excluding carboxylic acids is 2. The first-order valence-electron chi connectivity index (χ1n) is 17.0. The number of amides is 1. The van der Waals surface area contributed by atoms with E-state index < -0.39 is 22.0 Å². The van der Waals surface area contributed by atoms with E-state index in [0.717, 1.165) is 63.6 Å². The molecule has 5 rings (SSSR count). The Labute approximate surface area is 308 Å². The molecule has 0 bridgehead atoms. The number of rotatable bonds is 12. The standard InChI is InChI=1S/C37H46BrN5O7S/c1-8-48-34(44)21-31(30-14-15-32-35(25(30)3)39-40-43(32)18-10-9-17-38)26-12-11-24(2)27(19-26)22-42-23-28-20-29(13-16-33(28)50-51(42,46)47)41(7)36(45)49-37(4,5)6/h11-16,19-20,31H,8-10,17-18,21-23H2,1-7H3. The van der Waals surface area contributed by atoms with Crippen molar-refractivity contribution in [1.29, 1.82) is 0 Å². The van der Waals surface area contributed by atoms with E-state index in [2.05, 4.69) is 26.2 Å². The van der Waals surface area contributed by atoms with Crippen molar-refractivity contribution in [3.05, 3.63) is 81.9 Å². The minimum atomic E-state index is -4.14. The fourth-order valence-corrected chi connectivity index (χ4v) is 7.62. The fourth-order valence-electron chi connectivity index (χ4n) is 6.13. The number of benzene rings is 3. The Bertz CT molecular complexity index is 2030. The monoisotopic (exact) mass is 783 g/mol. The van der Waals surface area contributed by atoms with Crippen LogP contribution in [0.25, 0.3) is 11.0 Å². The average molecular weight is 785 g/mol. The lowest BCUT2D eigenvalue weighted by atomic mass is 9.84. The van der Waals surface area contributed by atoms with Crippen molar-refractivity contribution >= 4 is 55.0 Å². The summed E-state index contributed by atoms with van der Waals surface area (Å²) in [4.78, 5) is 27.1. The van der Waals surface area contributed by atoms with Crippen LogP contribution in [0.5, 0.6) is 5.75 Å². The summed E-state index contributed by atoms with van der Waals surface area (Å²) in [6, 6.07) is 14.8. The average Bonchev–Trinajstić information content (AvgIpc) is 3.48. The molecular weight excluding hydrogens is 738 g/mol. The minimum Gasteiger partial charge on any atom is -0.466 e. The largest absolute Gasteiger partial charge is 0.466 e. The lowest BCUT2D eigenvalue weighted by Crippen LogP contribution is -2.38. The zero-order valence-corrected chi connectivity index (χ0v) is 32.6. The summed E-state index contributed by atoms with van der Waals surface area (Å²) in [5.41, 5.74) is 6.51. The van der Waals surface area contributed by atoms with Gasteiger partial charge in [-0.3, -0.25) is 9.69 Å². The first kappa shape index (κ1) is 38.2. The molecule has 1 aliphatic rings. The zero-order valence-electron chi connectivity index (χ0n) is 30.2. The number of aromatic nitrogens is 3. The Balaban J connectivity index is 1.46. The molecule has 0 fully saturated rings. The summed E-state index contributed by atoms with van der Waals surface area (Å²) >= 11 is 3.48. The van der Waals surface area contributed by atoms with Crippen LogP contribution in [-0.4, -0.2) is 64.4 Å². The van der Waals surface area contributed by atoms with E-state index in [1.54, 1.807) is 52.9 Å². The molecule has 0 radical (unpaired) electrons. The number of halogens is 1. The van der Waals surface area contributed by atoms with Crippen LogP contribution < -0.4 is 9.08 Å². The Morgan fingerprint density at radius 1 is 1.08 bits per heavy atom. The summed E-state index contributed by atoms with van der Waals surface area (Å²) in [6.45, 7) is 12.1. The third-order valence-corrected chi connectivity index (χ3v) is 10.7. The molecule has 2 heterocycles. The Morgan fingerprint density at radius 3 is 2.55 bits per heavy atom. The molecule has 3 aromatic carbocycles. The van der Waals surface area contributed by atoms with Crippen LogP contribution in [0, 0.1) is 13.8 Å². The van der Waals surface area contributed by atoms with E-state index in [9.17, 15) is 18.0 Å². The van der Waals surface area contributed by atoms with E-state index >= 15 is 0 Å². The number of esters is 1. The van der Waals surface area contributed by atoms with Crippen molar-refractivity contribution < 1.29 is 31.7 Å². The SMILES string of the molecule is CCOC(=O)CC(c1ccc(C)c(CN2Cc3cc(N(C)C(=O)OC(C)(C)C)ccc3OS2(=O)=O)c1)c1ccc2c(nnn2CCCCBr)c1C. The van der Waals surface area contributed by atoms with Crippen molar-refractivity contribution in [3.63, 3.8) is 0 Å². The maximum absolute atomic E-state index is 13.4. The predicted octanol–water partition coefficient (Wildman–Crippen LogP) is 7.32. The van der Waals surface area contributed by atoms with Gasteiger partial charge in [0.1, 0.15) is 16.9 Å². The van der Waals surface area contributed by atoms with Crippen molar-refractivity contribution in [3.8, 4) is 5.75 Å². The third kappa shape index (κ3) is 8.90. The number of aryl methyl sites for hydroxylation is 3. The molecule has 0 aliphatic carbocycles. The molecule has 0 saturated heterocycles. The summed E-state index contributed by atoms with van der Waals surface area (Å²) in [5.74, 6) is -0.510. The van der Waals surface area contributed by atoms with E-state index in [4.69, 9.17) is 13.7 Å². The third-order valence-electron chi connectivity index (χ3n) is 8.87. The van der Waals surface area contributed by atoms with Crippen LogP contribution in [0.2, 0.25) is 0 Å². The highest BCUT2D eigenvalue weighted by atomic mass is 79.9. The molecule has 0 N–H and O–H groups in total. The molecule has 4 aromatic rings. The van der Waals surface area contributed by atoms with E-state index in [1.807, 2.05) is 48.9 Å². The van der Waals surface area contributed by atoms with Crippen molar-refractivity contribution in [2.24, 2.45) is 0 Å². The quantitative estimate of drug-likeness (QED) is 0.0824. The van der Waals surface area contributed by atoms with Gasteiger partial charge in [0.2, 0.25) is 0 Å². The highest BCUT2D eigenvalue weighted by Gasteiger charge is 2.33. The molecule has 274 valence electrons. The van der Waals surface area contributed by atoms with E-state index in [0.29, 0.717) is 11.3 Å². The van der Waals surface area contributed by atoms with Crippen molar-refractivity contribution in [2.45, 2.75) is 92.0 Å². The highest BCUT2D eigenvalue weighted by Crippen LogP contribution is 2.37. The van der Waals surface area contributed by atoms with Gasteiger partial charge in [0, 0.05) is 49.2 Å². The number of nitrogens with zero attached hydrogens (tertiary/aromatic N) is 5. The molecular formula is C37H46BrN5O7S. The lowest BCUT2D eigenvalue weighted by molar-refractivity contribution is -0.143. The lowest BCUT2D eigenvalue weighted by Gasteiger charge is -2.30. The number of hydrogen-bond acceptors (Lipinski definition) is 9. The van der Waals surface area contributed by atoms with Crippen LogP contribution in [0.1, 0.15) is 86.3 Å². The molecule has 1 aliphatic heterocycles. The number of fused-ring (bicyclic) bond motifs is 2. The van der Waals surface area contributed by atoms with Gasteiger partial charge in [-0.25, -0.2) is 9.48 Å². The fraction of sp³-hybridized carbons (Fsp3) is 0.459. The van der Waals surface area contributed by atoms with E-state index in [1.165, 1.54) is 9.21 Å². The first-order valence-corrected chi connectivity index (χ1v) is 19.5. The number of unbranched alkanes of at least 4 members (excludes halogenated alkanes) is 1. The molecule has 12 nitrogen and oxygen atoms in total. The van der Waals surface area contributed by atoms with Gasteiger partial charge in [-0.1, -0.05) is 45.4 Å². The van der Waals surface area contributed by atoms with Crippen LogP contribution in [0.4, 0.5) is 10.5 Å². The zero-order chi connectivity index (χ0) is 37.1. The topological polar surface area (TPSA) is 133 Å². The van der Waals surface area contributed by atoms with Gasteiger partial charge in [-0.2, -0.15) is 12.7 Å². The molecule has 0 spiro atoms. The van der Waals surface area contributed by atoms with Gasteiger partial charge in [-0.15, -0.1) is 5.10 Å². The van der Waals surface area contributed by atoms with Crippen molar-refractivity contribution in [2.75, 3.05) is 23.9 Å². The summed E-state index contributed by atoms with van der Waals surface area (Å²) in [7, 11) is -2.54. The molecule has 1 amide bonds. The van der Waals surface area contributed by atoms with Gasteiger partial charge in [0.25, 0.3) is 0 Å².